The van der Waals surface area contributed by atoms with E-state index in [4.69, 9.17) is 27.9 Å². The summed E-state index contributed by atoms with van der Waals surface area (Å²) in [6, 6.07) is 5.08. The summed E-state index contributed by atoms with van der Waals surface area (Å²) in [6.45, 7) is 3.87. The van der Waals surface area contributed by atoms with Crippen LogP contribution in [0, 0.1) is 6.92 Å². The van der Waals surface area contributed by atoms with Gasteiger partial charge in [-0.2, -0.15) is 0 Å². The van der Waals surface area contributed by atoms with Crippen LogP contribution in [0.2, 0.25) is 10.0 Å². The van der Waals surface area contributed by atoms with Gasteiger partial charge in [-0.15, -0.1) is 11.3 Å². The predicted molar refractivity (Wildman–Crippen MR) is 104 cm³/mol. The number of nitrogens with one attached hydrogen (secondary N) is 1. The molecule has 0 aliphatic rings. The summed E-state index contributed by atoms with van der Waals surface area (Å²) in [5.74, 6) is -0.801. The smallest absolute Gasteiger partial charge is 0.341 e. The number of rotatable bonds is 5. The molecule has 7 heteroatoms. The van der Waals surface area contributed by atoms with Crippen LogP contribution in [0.5, 0.6) is 0 Å². The van der Waals surface area contributed by atoms with Crippen molar-refractivity contribution in [2.24, 2.45) is 0 Å². The summed E-state index contributed by atoms with van der Waals surface area (Å²) in [5.41, 5.74) is 2.05. The molecule has 132 valence electrons. The highest BCUT2D eigenvalue weighted by atomic mass is 35.5. The van der Waals surface area contributed by atoms with E-state index in [-0.39, 0.29) is 5.91 Å². The van der Waals surface area contributed by atoms with Gasteiger partial charge in [0.05, 0.1) is 22.7 Å². The number of aryl methyl sites for hydroxylation is 1. The van der Waals surface area contributed by atoms with Crippen molar-refractivity contribution in [3.05, 3.63) is 55.9 Å². The Kier molecular flexibility index (Phi) is 6.64. The van der Waals surface area contributed by atoms with Gasteiger partial charge < -0.3 is 10.1 Å². The summed E-state index contributed by atoms with van der Waals surface area (Å²) >= 11 is 13.2. The molecule has 0 aliphatic heterocycles. The van der Waals surface area contributed by atoms with E-state index in [0.717, 1.165) is 16.0 Å². The molecule has 0 atom stereocenters. The molecule has 0 saturated heterocycles. The van der Waals surface area contributed by atoms with Crippen molar-refractivity contribution in [3.8, 4) is 0 Å². The van der Waals surface area contributed by atoms with E-state index < -0.39 is 5.97 Å². The van der Waals surface area contributed by atoms with Crippen molar-refractivity contribution in [3.63, 3.8) is 0 Å². The third kappa shape index (κ3) is 4.63. The van der Waals surface area contributed by atoms with Crippen molar-refractivity contribution in [2.75, 3.05) is 12.4 Å². The first kappa shape index (κ1) is 19.5. The second kappa shape index (κ2) is 8.52. The van der Waals surface area contributed by atoms with Gasteiger partial charge in [-0.1, -0.05) is 36.2 Å². The van der Waals surface area contributed by atoms with Gasteiger partial charge in [-0.05, 0) is 42.7 Å². The third-order valence-corrected chi connectivity index (χ3v) is 5.36. The fraction of sp³-hybridized carbons (Fsp3) is 0.222. The molecule has 0 aliphatic carbocycles. The average molecular weight is 398 g/mol. The Morgan fingerprint density at radius 2 is 2.00 bits per heavy atom. The molecule has 25 heavy (non-hydrogen) atoms. The second-order valence-corrected chi connectivity index (χ2v) is 7.22. The number of carbonyl (C=O) groups excluding carboxylic acids is 2. The van der Waals surface area contributed by atoms with E-state index in [0.29, 0.717) is 27.0 Å². The lowest BCUT2D eigenvalue weighted by atomic mass is 10.1. The number of anilines is 1. The highest BCUT2D eigenvalue weighted by Crippen LogP contribution is 2.34. The van der Waals surface area contributed by atoms with Crippen LogP contribution in [-0.2, 0) is 16.0 Å². The normalized spacial score (nSPS) is 10.9. The molecule has 2 aromatic rings. The van der Waals surface area contributed by atoms with Gasteiger partial charge in [0.15, 0.2) is 0 Å². The standard InChI is InChI=1S/C18H17Cl2NO3S/c1-4-12-10(2)25-17(16(12)18(23)24-3)21-15(22)8-6-11-5-7-13(19)14(20)9-11/h5-9H,4H2,1-3H3,(H,21,22)/b8-6+. The Balaban J connectivity index is 2.21. The summed E-state index contributed by atoms with van der Waals surface area (Å²) < 4.78 is 4.84. The van der Waals surface area contributed by atoms with Crippen molar-refractivity contribution in [1.29, 1.82) is 0 Å². The largest absolute Gasteiger partial charge is 0.465 e. The number of ether oxygens (including phenoxy) is 1. The number of amides is 1. The van der Waals surface area contributed by atoms with Crippen molar-refractivity contribution < 1.29 is 14.3 Å². The zero-order valence-corrected chi connectivity index (χ0v) is 16.3. The molecule has 1 aromatic carbocycles. The fourth-order valence-electron chi connectivity index (χ4n) is 2.35. The molecule has 0 spiro atoms. The highest BCUT2D eigenvalue weighted by molar-refractivity contribution is 7.16. The van der Waals surface area contributed by atoms with Crippen LogP contribution in [0.15, 0.2) is 24.3 Å². The van der Waals surface area contributed by atoms with Crippen LogP contribution in [-0.4, -0.2) is 19.0 Å². The van der Waals surface area contributed by atoms with Crippen molar-refractivity contribution in [1.82, 2.24) is 0 Å². The molecule has 0 unspecified atom stereocenters. The molecule has 0 fully saturated rings. The minimum Gasteiger partial charge on any atom is -0.465 e. The molecule has 1 heterocycles. The van der Waals surface area contributed by atoms with Gasteiger partial charge in [0.1, 0.15) is 5.00 Å². The van der Waals surface area contributed by atoms with E-state index in [9.17, 15) is 9.59 Å². The molecule has 2 rings (SSSR count). The van der Waals surface area contributed by atoms with Gasteiger partial charge in [0.2, 0.25) is 5.91 Å². The minimum atomic E-state index is -0.454. The van der Waals surface area contributed by atoms with E-state index in [1.54, 1.807) is 24.3 Å². The van der Waals surface area contributed by atoms with Gasteiger partial charge >= 0.3 is 5.97 Å². The molecule has 1 amide bonds. The molecule has 1 aromatic heterocycles. The van der Waals surface area contributed by atoms with Crippen LogP contribution in [0.25, 0.3) is 6.08 Å². The van der Waals surface area contributed by atoms with Gasteiger partial charge in [0.25, 0.3) is 0 Å². The number of hydrogen-bond acceptors (Lipinski definition) is 4. The number of esters is 1. The first-order chi connectivity index (χ1) is 11.9. The lowest BCUT2D eigenvalue weighted by Gasteiger charge is -2.05. The quantitative estimate of drug-likeness (QED) is 0.545. The Bertz CT molecular complexity index is 843. The number of benzene rings is 1. The van der Waals surface area contributed by atoms with E-state index in [1.165, 1.54) is 24.5 Å². The second-order valence-electron chi connectivity index (χ2n) is 5.18. The zero-order valence-electron chi connectivity index (χ0n) is 14.0. The topological polar surface area (TPSA) is 55.4 Å². The summed E-state index contributed by atoms with van der Waals surface area (Å²) in [7, 11) is 1.32. The Hall–Kier alpha value is -1.82. The number of thiophene rings is 1. The Morgan fingerprint density at radius 3 is 2.60 bits per heavy atom. The van der Waals surface area contributed by atoms with Crippen LogP contribution in [0.4, 0.5) is 5.00 Å². The van der Waals surface area contributed by atoms with E-state index in [2.05, 4.69) is 5.32 Å². The maximum atomic E-state index is 12.2. The van der Waals surface area contributed by atoms with Gasteiger partial charge in [-0.3, -0.25) is 4.79 Å². The first-order valence-electron chi connectivity index (χ1n) is 7.52. The Morgan fingerprint density at radius 1 is 1.28 bits per heavy atom. The summed E-state index contributed by atoms with van der Waals surface area (Å²) in [5, 5.41) is 4.11. The fourth-order valence-corrected chi connectivity index (χ4v) is 3.79. The molecule has 0 bridgehead atoms. The van der Waals surface area contributed by atoms with Crippen LogP contribution in [0.3, 0.4) is 0 Å². The molecule has 4 nitrogen and oxygen atoms in total. The number of methoxy groups -OCH3 is 1. The monoisotopic (exact) mass is 397 g/mol. The molecule has 0 radical (unpaired) electrons. The molecular formula is C18H17Cl2NO3S. The zero-order chi connectivity index (χ0) is 18.6. The van der Waals surface area contributed by atoms with Crippen LogP contribution in [0.1, 0.15) is 33.3 Å². The van der Waals surface area contributed by atoms with Gasteiger partial charge in [-0.25, -0.2) is 4.79 Å². The molecular weight excluding hydrogens is 381 g/mol. The maximum absolute atomic E-state index is 12.2. The lowest BCUT2D eigenvalue weighted by molar-refractivity contribution is -0.111. The SMILES string of the molecule is CCc1c(C)sc(NC(=O)/C=C/c2ccc(Cl)c(Cl)c2)c1C(=O)OC. The van der Waals surface area contributed by atoms with E-state index in [1.807, 2.05) is 13.8 Å². The number of halogens is 2. The first-order valence-corrected chi connectivity index (χ1v) is 9.09. The van der Waals surface area contributed by atoms with Crippen molar-refractivity contribution >= 4 is 57.5 Å². The minimum absolute atomic E-state index is 0.347. The summed E-state index contributed by atoms with van der Waals surface area (Å²) in [4.78, 5) is 25.2. The maximum Gasteiger partial charge on any atom is 0.341 e. The van der Waals surface area contributed by atoms with Crippen LogP contribution < -0.4 is 5.32 Å². The number of carbonyl (C=O) groups is 2. The molecule has 1 N–H and O–H groups in total. The van der Waals surface area contributed by atoms with E-state index >= 15 is 0 Å². The average Bonchev–Trinajstić information content (AvgIpc) is 2.90. The third-order valence-electron chi connectivity index (χ3n) is 3.56. The number of hydrogen-bond donors (Lipinski definition) is 1. The summed E-state index contributed by atoms with van der Waals surface area (Å²) in [6.07, 6.45) is 3.68. The Labute approximate surface area is 160 Å². The predicted octanol–water partition coefficient (Wildman–Crippen LogP) is 5.36. The van der Waals surface area contributed by atoms with Gasteiger partial charge in [0, 0.05) is 11.0 Å². The molecule has 0 saturated carbocycles. The van der Waals surface area contributed by atoms with Crippen molar-refractivity contribution in [2.45, 2.75) is 20.3 Å². The van der Waals surface area contributed by atoms with Crippen LogP contribution >= 0.6 is 34.5 Å². The lowest BCUT2D eigenvalue weighted by Crippen LogP contribution is -2.12. The highest BCUT2D eigenvalue weighted by Gasteiger charge is 2.22.